The summed E-state index contributed by atoms with van der Waals surface area (Å²) >= 11 is -1.34. The molecule has 6 heteroatoms. The second kappa shape index (κ2) is 10.8. The molecule has 3 aromatic rings. The van der Waals surface area contributed by atoms with E-state index in [1.54, 1.807) is 0 Å². The normalized spacial score (nSPS) is 15.7. The van der Waals surface area contributed by atoms with E-state index >= 15 is 0 Å². The van der Waals surface area contributed by atoms with Crippen molar-refractivity contribution in [3.8, 4) is 11.1 Å². The molecular formula is C27H36N4OS. The van der Waals surface area contributed by atoms with Crippen molar-refractivity contribution in [2.24, 2.45) is 18.9 Å². The van der Waals surface area contributed by atoms with E-state index < -0.39 is 11.4 Å². The second-order valence-corrected chi connectivity index (χ2v) is 10.8. The first-order chi connectivity index (χ1) is 15.9. The maximum atomic E-state index is 13.1. The zero-order chi connectivity index (χ0) is 23.4. The highest BCUT2D eigenvalue weighted by Gasteiger charge is 2.21. The number of hydrogen-bond donors (Lipinski definition) is 2. The van der Waals surface area contributed by atoms with Gasteiger partial charge in [0.1, 0.15) is 17.0 Å². The Morgan fingerprint density at radius 1 is 1.12 bits per heavy atom. The first-order valence-corrected chi connectivity index (χ1v) is 13.2. The van der Waals surface area contributed by atoms with Crippen LogP contribution in [0.1, 0.15) is 43.6 Å². The second-order valence-electron chi connectivity index (χ2n) is 9.62. The van der Waals surface area contributed by atoms with Gasteiger partial charge >= 0.3 is 0 Å². The Balaban J connectivity index is 1.46. The van der Waals surface area contributed by atoms with E-state index in [0.29, 0.717) is 5.92 Å². The number of aryl methyl sites for hydroxylation is 1. The maximum absolute atomic E-state index is 13.1. The minimum Gasteiger partial charge on any atom is -0.588 e. The molecule has 2 heterocycles. The summed E-state index contributed by atoms with van der Waals surface area (Å²) in [5, 5.41) is 8.06. The van der Waals surface area contributed by atoms with E-state index in [9.17, 15) is 4.55 Å². The molecule has 4 rings (SSSR count). The topological polar surface area (TPSA) is 64.9 Å². The minimum atomic E-state index is -1.34. The summed E-state index contributed by atoms with van der Waals surface area (Å²) in [6.45, 7) is 8.62. The van der Waals surface area contributed by atoms with E-state index in [4.69, 9.17) is 0 Å². The van der Waals surface area contributed by atoms with Gasteiger partial charge in [-0.05, 0) is 98.5 Å². The van der Waals surface area contributed by atoms with Crippen LogP contribution < -0.4 is 10.0 Å². The highest BCUT2D eigenvalue weighted by molar-refractivity contribution is 7.92. The Labute approximate surface area is 201 Å². The van der Waals surface area contributed by atoms with E-state index in [0.717, 1.165) is 59.4 Å². The average molecular weight is 465 g/mol. The zero-order valence-electron chi connectivity index (χ0n) is 20.2. The van der Waals surface area contributed by atoms with Gasteiger partial charge in [-0.1, -0.05) is 38.1 Å². The predicted molar refractivity (Wildman–Crippen MR) is 138 cm³/mol. The summed E-state index contributed by atoms with van der Waals surface area (Å²) in [5.41, 5.74) is 6.63. The molecule has 0 spiro atoms. The Morgan fingerprint density at radius 2 is 1.85 bits per heavy atom. The van der Waals surface area contributed by atoms with Crippen LogP contribution in [-0.2, 0) is 31.3 Å². The molecular weight excluding hydrogens is 428 g/mol. The van der Waals surface area contributed by atoms with Gasteiger partial charge in [-0.2, -0.15) is 9.82 Å². The molecule has 2 aromatic carbocycles. The van der Waals surface area contributed by atoms with Gasteiger partial charge in [0.25, 0.3) is 0 Å². The van der Waals surface area contributed by atoms with Gasteiger partial charge < -0.3 is 9.87 Å². The summed E-state index contributed by atoms with van der Waals surface area (Å²) in [5.74, 6) is 1.26. The highest BCUT2D eigenvalue weighted by atomic mass is 32.2. The molecule has 1 aliphatic rings. The molecule has 0 saturated carbocycles. The largest absolute Gasteiger partial charge is 0.588 e. The quantitative estimate of drug-likeness (QED) is 0.446. The third-order valence-corrected chi connectivity index (χ3v) is 7.60. The lowest BCUT2D eigenvalue weighted by molar-refractivity contribution is 0.373. The fourth-order valence-corrected chi connectivity index (χ4v) is 5.51. The van der Waals surface area contributed by atoms with E-state index in [1.165, 1.54) is 24.0 Å². The average Bonchev–Trinajstić information content (AvgIpc) is 3.07. The first kappa shape index (κ1) is 23.9. The molecule has 2 N–H and O–H groups in total. The number of piperidine rings is 1. The number of rotatable bonds is 8. The first-order valence-electron chi connectivity index (χ1n) is 12.0. The Hall–Kier alpha value is -2.28. The minimum absolute atomic E-state index is 0.484. The third-order valence-electron chi connectivity index (χ3n) is 6.51. The number of benzene rings is 2. The van der Waals surface area contributed by atoms with Gasteiger partial charge in [-0.25, -0.2) is 0 Å². The van der Waals surface area contributed by atoms with E-state index in [1.807, 2.05) is 30.8 Å². The van der Waals surface area contributed by atoms with Crippen LogP contribution >= 0.6 is 0 Å². The molecule has 0 aliphatic carbocycles. The fourth-order valence-electron chi connectivity index (χ4n) is 4.56. The van der Waals surface area contributed by atoms with Crippen molar-refractivity contribution in [3.05, 3.63) is 65.5 Å². The van der Waals surface area contributed by atoms with Crippen LogP contribution in [0.25, 0.3) is 11.1 Å². The van der Waals surface area contributed by atoms with Gasteiger partial charge in [-0.3, -0.25) is 4.68 Å². The molecule has 0 bridgehead atoms. The monoisotopic (exact) mass is 464 g/mol. The van der Waals surface area contributed by atoms with Gasteiger partial charge in [0.15, 0.2) is 4.90 Å². The molecule has 1 aromatic heterocycles. The van der Waals surface area contributed by atoms with Crippen molar-refractivity contribution in [1.82, 2.24) is 15.1 Å². The lowest BCUT2D eigenvalue weighted by Crippen LogP contribution is -2.28. The summed E-state index contributed by atoms with van der Waals surface area (Å²) in [4.78, 5) is 0.767. The van der Waals surface area contributed by atoms with Crippen molar-refractivity contribution in [2.45, 2.75) is 51.3 Å². The zero-order valence-corrected chi connectivity index (χ0v) is 21.0. The van der Waals surface area contributed by atoms with E-state index in [-0.39, 0.29) is 0 Å². The van der Waals surface area contributed by atoms with Crippen molar-refractivity contribution < 1.29 is 4.55 Å². The van der Waals surface area contributed by atoms with Crippen LogP contribution in [0.3, 0.4) is 0 Å². The molecule has 33 heavy (non-hydrogen) atoms. The molecule has 1 unspecified atom stereocenters. The molecule has 0 radical (unpaired) electrons. The maximum Gasteiger partial charge on any atom is 0.179 e. The number of hydrogen-bond acceptors (Lipinski definition) is 4. The fraction of sp³-hybridized carbons (Fsp3) is 0.444. The van der Waals surface area contributed by atoms with Crippen LogP contribution in [0.4, 0.5) is 5.69 Å². The third kappa shape index (κ3) is 5.99. The predicted octanol–water partition coefficient (Wildman–Crippen LogP) is 5.27. The lowest BCUT2D eigenvalue weighted by Gasteiger charge is -2.22. The summed E-state index contributed by atoms with van der Waals surface area (Å²) in [7, 11) is 1.93. The van der Waals surface area contributed by atoms with Gasteiger partial charge in [0, 0.05) is 7.05 Å². The van der Waals surface area contributed by atoms with Crippen LogP contribution in [0.15, 0.2) is 53.4 Å². The van der Waals surface area contributed by atoms with Crippen LogP contribution in [0.5, 0.6) is 0 Å². The van der Waals surface area contributed by atoms with Crippen molar-refractivity contribution in [2.75, 3.05) is 17.8 Å². The lowest BCUT2D eigenvalue weighted by atomic mass is 9.90. The Kier molecular flexibility index (Phi) is 7.78. The summed E-state index contributed by atoms with van der Waals surface area (Å²) < 4.78 is 18.2. The SMILES string of the molecule is Cc1c(N[S+]([O-])c2ccc(-c3cccc(CC4CCNCC4)c3)cc2)c(CC(C)C)nn1C. The van der Waals surface area contributed by atoms with Gasteiger partial charge in [0.05, 0.1) is 11.4 Å². The Morgan fingerprint density at radius 3 is 2.55 bits per heavy atom. The standard InChI is InChI=1S/C27H36N4OS/c1-19(2)16-26-27(20(3)31(4)29-26)30-33(32)25-10-8-23(9-11-25)24-7-5-6-22(18-24)17-21-12-14-28-15-13-21/h5-11,18-19,21,28,30H,12-17H2,1-4H3. The van der Waals surface area contributed by atoms with Crippen molar-refractivity contribution in [1.29, 1.82) is 0 Å². The van der Waals surface area contributed by atoms with Crippen LogP contribution in [0, 0.1) is 18.8 Å². The summed E-state index contributed by atoms with van der Waals surface area (Å²) in [6, 6.07) is 16.9. The molecule has 0 amide bonds. The smallest absolute Gasteiger partial charge is 0.179 e. The molecule has 5 nitrogen and oxygen atoms in total. The highest BCUT2D eigenvalue weighted by Crippen LogP contribution is 2.28. The summed E-state index contributed by atoms with van der Waals surface area (Å²) in [6.07, 6.45) is 4.51. The van der Waals surface area contributed by atoms with Crippen molar-refractivity contribution >= 4 is 17.0 Å². The van der Waals surface area contributed by atoms with Crippen LogP contribution in [-0.4, -0.2) is 27.4 Å². The van der Waals surface area contributed by atoms with Crippen LogP contribution in [0.2, 0.25) is 0 Å². The van der Waals surface area contributed by atoms with Gasteiger partial charge in [0.2, 0.25) is 0 Å². The van der Waals surface area contributed by atoms with Gasteiger partial charge in [-0.15, -0.1) is 0 Å². The molecule has 1 saturated heterocycles. The number of anilines is 1. The van der Waals surface area contributed by atoms with Crippen molar-refractivity contribution in [3.63, 3.8) is 0 Å². The molecule has 1 aliphatic heterocycles. The molecule has 1 atom stereocenters. The number of nitrogens with one attached hydrogen (secondary N) is 2. The molecule has 176 valence electrons. The number of nitrogens with zero attached hydrogens (tertiary/aromatic N) is 2. The Bertz CT molecular complexity index is 1050. The van der Waals surface area contributed by atoms with E-state index in [2.05, 4.69) is 65.4 Å². The molecule has 1 fully saturated rings. The number of aromatic nitrogens is 2.